The van der Waals surface area contributed by atoms with E-state index in [-0.39, 0.29) is 22.7 Å². The van der Waals surface area contributed by atoms with Crippen LogP contribution in [0.2, 0.25) is 0 Å². The topological polar surface area (TPSA) is 68.3 Å². The van der Waals surface area contributed by atoms with Crippen LogP contribution in [0.4, 0.5) is 5.69 Å². The third-order valence-electron chi connectivity index (χ3n) is 3.65. The average molecular weight is 288 g/mol. The summed E-state index contributed by atoms with van der Waals surface area (Å²) in [7, 11) is 0. The van der Waals surface area contributed by atoms with Gasteiger partial charge in [-0.15, -0.1) is 0 Å². The van der Waals surface area contributed by atoms with Crippen molar-refractivity contribution in [3.05, 3.63) is 63.1 Å². The van der Waals surface area contributed by atoms with Gasteiger partial charge in [0.15, 0.2) is 0 Å². The molecular weight excluding hydrogens is 268 g/mol. The molecule has 21 heavy (non-hydrogen) atoms. The number of aryl methyl sites for hydroxylation is 2. The quantitative estimate of drug-likeness (QED) is 0.660. The van der Waals surface area contributed by atoms with Gasteiger partial charge >= 0.3 is 0 Å². The second kappa shape index (κ2) is 6.10. The fourth-order valence-electron chi connectivity index (χ4n) is 2.53. The Hall–Kier alpha value is -2.14. The Kier molecular flexibility index (Phi) is 4.43. The van der Waals surface area contributed by atoms with Crippen LogP contribution in [-0.4, -0.2) is 4.92 Å². The summed E-state index contributed by atoms with van der Waals surface area (Å²) in [6, 6.07) is 8.92. The number of nitro groups is 1. The highest BCUT2D eigenvalue weighted by Crippen LogP contribution is 2.25. The molecule has 1 N–H and O–H groups in total. The van der Waals surface area contributed by atoms with Crippen LogP contribution in [0.15, 0.2) is 34.7 Å². The molecule has 0 aliphatic carbocycles. The summed E-state index contributed by atoms with van der Waals surface area (Å²) in [4.78, 5) is 10.3. The second-order valence-electron chi connectivity index (χ2n) is 5.33. The number of furan rings is 1. The van der Waals surface area contributed by atoms with Crippen molar-refractivity contribution < 1.29 is 9.34 Å². The van der Waals surface area contributed by atoms with Gasteiger partial charge in [0.25, 0.3) is 5.69 Å². The molecule has 0 aliphatic rings. The normalized spacial score (nSPS) is 13.9. The van der Waals surface area contributed by atoms with Gasteiger partial charge in [0.1, 0.15) is 11.5 Å². The highest BCUT2D eigenvalue weighted by Gasteiger charge is 2.16. The highest BCUT2D eigenvalue weighted by molar-refractivity contribution is 5.34. The summed E-state index contributed by atoms with van der Waals surface area (Å²) in [5, 5.41) is 14.1. The van der Waals surface area contributed by atoms with Crippen molar-refractivity contribution >= 4 is 5.69 Å². The molecule has 2 aromatic rings. The van der Waals surface area contributed by atoms with Crippen LogP contribution in [0.25, 0.3) is 0 Å². The first kappa shape index (κ1) is 15.3. The number of non-ortho nitro benzene ring substituents is 1. The van der Waals surface area contributed by atoms with Crippen molar-refractivity contribution in [3.63, 3.8) is 0 Å². The lowest BCUT2D eigenvalue weighted by Gasteiger charge is -2.20. The zero-order valence-corrected chi connectivity index (χ0v) is 12.7. The largest absolute Gasteiger partial charge is 0.466 e. The van der Waals surface area contributed by atoms with Crippen LogP contribution in [0.5, 0.6) is 0 Å². The van der Waals surface area contributed by atoms with Gasteiger partial charge in [-0.1, -0.05) is 12.1 Å². The van der Waals surface area contributed by atoms with Crippen molar-refractivity contribution in [2.45, 2.75) is 39.8 Å². The zero-order valence-electron chi connectivity index (χ0n) is 12.7. The maximum absolute atomic E-state index is 10.7. The molecule has 0 saturated heterocycles. The number of rotatable bonds is 5. The van der Waals surface area contributed by atoms with E-state index in [0.717, 1.165) is 22.6 Å². The number of nitrogens with one attached hydrogen (secondary N) is 1. The van der Waals surface area contributed by atoms with Gasteiger partial charge in [-0.25, -0.2) is 0 Å². The summed E-state index contributed by atoms with van der Waals surface area (Å²) in [6.45, 7) is 8.01. The van der Waals surface area contributed by atoms with E-state index in [0.29, 0.717) is 0 Å². The molecule has 5 nitrogen and oxygen atoms in total. The van der Waals surface area contributed by atoms with E-state index in [1.165, 1.54) is 12.1 Å². The minimum absolute atomic E-state index is 0.0930. The number of benzene rings is 1. The van der Waals surface area contributed by atoms with Crippen molar-refractivity contribution in [3.8, 4) is 0 Å². The van der Waals surface area contributed by atoms with Crippen molar-refractivity contribution in [2.75, 3.05) is 0 Å². The Labute approximate surface area is 124 Å². The molecule has 1 aromatic carbocycles. The zero-order chi connectivity index (χ0) is 15.6. The molecule has 0 amide bonds. The van der Waals surface area contributed by atoms with Crippen LogP contribution >= 0.6 is 0 Å². The first-order valence-electron chi connectivity index (χ1n) is 6.96. The number of hydrogen-bond acceptors (Lipinski definition) is 4. The monoisotopic (exact) mass is 288 g/mol. The van der Waals surface area contributed by atoms with E-state index < -0.39 is 0 Å². The predicted molar refractivity (Wildman–Crippen MR) is 81.2 cm³/mol. The lowest BCUT2D eigenvalue weighted by molar-refractivity contribution is -0.384. The molecule has 0 radical (unpaired) electrons. The minimum Gasteiger partial charge on any atom is -0.466 e. The maximum Gasteiger partial charge on any atom is 0.269 e. The standard InChI is InChI=1S/C16H20N2O3/c1-10-9-16(13(4)21-10)12(3)17-11(2)14-5-7-15(8-6-14)18(19)20/h5-9,11-12,17H,1-4H3. The molecule has 1 heterocycles. The predicted octanol–water partition coefficient (Wildman–Crippen LogP) is 4.22. The summed E-state index contributed by atoms with van der Waals surface area (Å²) in [5.74, 6) is 1.82. The third-order valence-corrected chi connectivity index (χ3v) is 3.65. The van der Waals surface area contributed by atoms with Gasteiger partial charge in [-0.3, -0.25) is 10.1 Å². The molecule has 5 heteroatoms. The van der Waals surface area contributed by atoms with Crippen molar-refractivity contribution in [1.82, 2.24) is 5.32 Å². The summed E-state index contributed by atoms with van der Waals surface area (Å²) in [6.07, 6.45) is 0. The van der Waals surface area contributed by atoms with Gasteiger partial charge in [-0.05, 0) is 39.3 Å². The molecule has 112 valence electrons. The van der Waals surface area contributed by atoms with Gasteiger partial charge in [-0.2, -0.15) is 0 Å². The van der Waals surface area contributed by atoms with Crippen LogP contribution in [0, 0.1) is 24.0 Å². The molecule has 1 aromatic heterocycles. The fraction of sp³-hybridized carbons (Fsp3) is 0.375. The van der Waals surface area contributed by atoms with E-state index in [1.54, 1.807) is 12.1 Å². The Morgan fingerprint density at radius 2 is 1.76 bits per heavy atom. The highest BCUT2D eigenvalue weighted by atomic mass is 16.6. The number of hydrogen-bond donors (Lipinski definition) is 1. The molecule has 0 aliphatic heterocycles. The molecule has 0 fully saturated rings. The second-order valence-corrected chi connectivity index (χ2v) is 5.33. The fourth-order valence-corrected chi connectivity index (χ4v) is 2.53. The van der Waals surface area contributed by atoms with E-state index >= 15 is 0 Å². The molecule has 2 atom stereocenters. The first-order chi connectivity index (χ1) is 9.88. The summed E-state index contributed by atoms with van der Waals surface area (Å²) in [5.41, 5.74) is 2.27. The molecule has 0 spiro atoms. The maximum atomic E-state index is 10.7. The van der Waals surface area contributed by atoms with E-state index in [2.05, 4.69) is 12.2 Å². The lowest BCUT2D eigenvalue weighted by Crippen LogP contribution is -2.22. The first-order valence-corrected chi connectivity index (χ1v) is 6.96. The van der Waals surface area contributed by atoms with Gasteiger partial charge in [0.2, 0.25) is 0 Å². The number of nitro benzene ring substituents is 1. The smallest absolute Gasteiger partial charge is 0.269 e. The van der Waals surface area contributed by atoms with Crippen molar-refractivity contribution in [2.24, 2.45) is 0 Å². The third kappa shape index (κ3) is 3.49. The van der Waals surface area contributed by atoms with Gasteiger partial charge in [0, 0.05) is 29.8 Å². The van der Waals surface area contributed by atoms with E-state index in [9.17, 15) is 10.1 Å². The number of nitrogens with zero attached hydrogens (tertiary/aromatic N) is 1. The van der Waals surface area contributed by atoms with Crippen molar-refractivity contribution in [1.29, 1.82) is 0 Å². The average Bonchev–Trinajstić information content (AvgIpc) is 2.77. The van der Waals surface area contributed by atoms with E-state index in [4.69, 9.17) is 4.42 Å². The Balaban J connectivity index is 2.08. The summed E-state index contributed by atoms with van der Waals surface area (Å²) >= 11 is 0. The SMILES string of the molecule is Cc1cc(C(C)NC(C)c2ccc([N+](=O)[O-])cc2)c(C)o1. The Morgan fingerprint density at radius 1 is 1.14 bits per heavy atom. The molecule has 2 unspecified atom stereocenters. The lowest BCUT2D eigenvalue weighted by atomic mass is 10.0. The van der Waals surface area contributed by atoms with Gasteiger partial charge < -0.3 is 9.73 Å². The molecular formula is C16H20N2O3. The Morgan fingerprint density at radius 3 is 2.24 bits per heavy atom. The van der Waals surface area contributed by atoms with Crippen LogP contribution in [0.1, 0.15) is 48.6 Å². The summed E-state index contributed by atoms with van der Waals surface area (Å²) < 4.78 is 5.55. The minimum atomic E-state index is -0.387. The van der Waals surface area contributed by atoms with Gasteiger partial charge in [0.05, 0.1) is 4.92 Å². The molecule has 0 bridgehead atoms. The van der Waals surface area contributed by atoms with Crippen LogP contribution < -0.4 is 5.32 Å². The van der Waals surface area contributed by atoms with E-state index in [1.807, 2.05) is 26.8 Å². The van der Waals surface area contributed by atoms with Crippen LogP contribution in [-0.2, 0) is 0 Å². The molecule has 2 rings (SSSR count). The Bertz CT molecular complexity index is 631. The van der Waals surface area contributed by atoms with Crippen LogP contribution in [0.3, 0.4) is 0 Å². The molecule has 0 saturated carbocycles.